The van der Waals surface area contributed by atoms with Crippen molar-refractivity contribution in [2.45, 2.75) is 19.3 Å². The van der Waals surface area contributed by atoms with Crippen LogP contribution in [0.3, 0.4) is 0 Å². The van der Waals surface area contributed by atoms with Crippen LogP contribution in [0, 0.1) is 11.3 Å². The summed E-state index contributed by atoms with van der Waals surface area (Å²) in [5.74, 6) is 0. The zero-order valence-corrected chi connectivity index (χ0v) is 17.1. The molecule has 0 saturated carbocycles. The number of hydrogen-bond acceptors (Lipinski definition) is 3. The molecule has 1 aliphatic heterocycles. The molecule has 0 atom stereocenters. The van der Waals surface area contributed by atoms with Crippen LogP contribution < -0.4 is 5.01 Å². The molecule has 3 nitrogen and oxygen atoms in total. The highest BCUT2D eigenvalue weighted by molar-refractivity contribution is 5.97. The van der Waals surface area contributed by atoms with Crippen molar-refractivity contribution >= 4 is 27.2 Å². The van der Waals surface area contributed by atoms with Crippen LogP contribution in [-0.4, -0.2) is 24.6 Å². The van der Waals surface area contributed by atoms with E-state index in [-0.39, 0.29) is 0 Å². The van der Waals surface area contributed by atoms with Crippen molar-refractivity contribution in [1.29, 1.82) is 5.26 Å². The Hall–Kier alpha value is -3.35. The maximum atomic E-state index is 9.51. The number of nitrogens with zero attached hydrogens (tertiary/aromatic N) is 3. The Morgan fingerprint density at radius 3 is 2.33 bits per heavy atom. The summed E-state index contributed by atoms with van der Waals surface area (Å²) in [5, 5.41) is 19.3. The average Bonchev–Trinajstić information content (AvgIpc) is 2.82. The van der Waals surface area contributed by atoms with Gasteiger partial charge in [0.1, 0.15) is 0 Å². The van der Waals surface area contributed by atoms with Crippen molar-refractivity contribution in [1.82, 2.24) is 5.01 Å². The Bertz CT molecular complexity index is 1230. The van der Waals surface area contributed by atoms with Crippen molar-refractivity contribution in [3.8, 4) is 6.07 Å². The summed E-state index contributed by atoms with van der Waals surface area (Å²) in [4.78, 5) is 0. The summed E-state index contributed by atoms with van der Waals surface area (Å²) >= 11 is 0. The van der Waals surface area contributed by atoms with Crippen LogP contribution in [0.25, 0.3) is 21.5 Å². The van der Waals surface area contributed by atoms with E-state index in [1.54, 1.807) is 0 Å². The predicted octanol–water partition coefficient (Wildman–Crippen LogP) is 5.92. The molecule has 1 heterocycles. The lowest BCUT2D eigenvalue weighted by molar-refractivity contribution is 0.216. The van der Waals surface area contributed by atoms with Crippen LogP contribution in [0.1, 0.15) is 24.0 Å². The van der Waals surface area contributed by atoms with E-state index in [4.69, 9.17) is 0 Å². The lowest BCUT2D eigenvalue weighted by Crippen LogP contribution is -2.48. The first kappa shape index (κ1) is 18.7. The second-order valence-corrected chi connectivity index (χ2v) is 7.96. The van der Waals surface area contributed by atoms with E-state index in [0.29, 0.717) is 0 Å². The molecule has 0 spiro atoms. The maximum absolute atomic E-state index is 9.51. The molecular formula is C27H25N3. The lowest BCUT2D eigenvalue weighted by atomic mass is 10.0. The van der Waals surface area contributed by atoms with Crippen molar-refractivity contribution in [2.24, 2.45) is 0 Å². The van der Waals surface area contributed by atoms with Gasteiger partial charge in [-0.15, -0.1) is 0 Å². The van der Waals surface area contributed by atoms with E-state index in [1.165, 1.54) is 34.9 Å². The van der Waals surface area contributed by atoms with Gasteiger partial charge in [-0.1, -0.05) is 66.7 Å². The van der Waals surface area contributed by atoms with Gasteiger partial charge >= 0.3 is 0 Å². The molecule has 0 aliphatic carbocycles. The largest absolute Gasteiger partial charge is 0.305 e. The Kier molecular flexibility index (Phi) is 5.09. The van der Waals surface area contributed by atoms with Gasteiger partial charge in [-0.05, 0) is 47.7 Å². The van der Waals surface area contributed by atoms with Crippen molar-refractivity contribution in [3.05, 3.63) is 90.0 Å². The van der Waals surface area contributed by atoms with Crippen LogP contribution >= 0.6 is 0 Å². The summed E-state index contributed by atoms with van der Waals surface area (Å²) in [6, 6.07) is 30.0. The fraction of sp³-hybridized carbons (Fsp3) is 0.222. The minimum atomic E-state index is 0.744. The standard InChI is InChI=1S/C27H25N3/c28-20-23-14-15-27(26-13-4-3-12-25(23)26)30-18-6-5-17-29(30)19-16-22-10-7-9-21-8-1-2-11-24(21)22/h1-4,7-15H,5-6,16-19H2. The molecule has 148 valence electrons. The third kappa shape index (κ3) is 3.40. The quantitative estimate of drug-likeness (QED) is 0.432. The average molecular weight is 392 g/mol. The van der Waals surface area contributed by atoms with Gasteiger partial charge in [0.05, 0.1) is 17.3 Å². The maximum Gasteiger partial charge on any atom is 0.0998 e. The molecule has 5 rings (SSSR count). The fourth-order valence-corrected chi connectivity index (χ4v) is 4.69. The molecule has 0 radical (unpaired) electrons. The number of rotatable bonds is 4. The first-order valence-corrected chi connectivity index (χ1v) is 10.8. The van der Waals surface area contributed by atoms with Crippen LogP contribution in [0.15, 0.2) is 78.9 Å². The van der Waals surface area contributed by atoms with Crippen LogP contribution in [-0.2, 0) is 6.42 Å². The molecule has 0 amide bonds. The van der Waals surface area contributed by atoms with Crippen LogP contribution in [0.2, 0.25) is 0 Å². The van der Waals surface area contributed by atoms with Gasteiger partial charge < -0.3 is 5.01 Å². The Morgan fingerprint density at radius 1 is 0.733 bits per heavy atom. The highest BCUT2D eigenvalue weighted by Crippen LogP contribution is 2.32. The second-order valence-electron chi connectivity index (χ2n) is 7.96. The molecule has 30 heavy (non-hydrogen) atoms. The summed E-state index contributed by atoms with van der Waals surface area (Å²) in [6.07, 6.45) is 3.44. The highest BCUT2D eigenvalue weighted by atomic mass is 15.6. The Labute approximate surface area is 177 Å². The molecule has 1 saturated heterocycles. The molecule has 0 unspecified atom stereocenters. The normalized spacial score (nSPS) is 14.8. The molecule has 3 heteroatoms. The van der Waals surface area contributed by atoms with E-state index in [0.717, 1.165) is 42.4 Å². The molecule has 1 aliphatic rings. The van der Waals surface area contributed by atoms with E-state index >= 15 is 0 Å². The fourth-order valence-electron chi connectivity index (χ4n) is 4.69. The van der Waals surface area contributed by atoms with Gasteiger partial charge in [0, 0.05) is 30.4 Å². The zero-order valence-electron chi connectivity index (χ0n) is 17.1. The lowest BCUT2D eigenvalue weighted by Gasteiger charge is -2.41. The Balaban J connectivity index is 1.46. The smallest absolute Gasteiger partial charge is 0.0998 e. The van der Waals surface area contributed by atoms with Crippen LogP contribution in [0.4, 0.5) is 5.69 Å². The SMILES string of the molecule is N#Cc1ccc(N2CCCCN2CCc2cccc3ccccc23)c2ccccc12. The summed E-state index contributed by atoms with van der Waals surface area (Å²) in [7, 11) is 0. The van der Waals surface area contributed by atoms with E-state index < -0.39 is 0 Å². The third-order valence-corrected chi connectivity index (χ3v) is 6.20. The summed E-state index contributed by atoms with van der Waals surface area (Å²) in [5.41, 5.74) is 3.36. The zero-order chi connectivity index (χ0) is 20.3. The van der Waals surface area contributed by atoms with Gasteiger partial charge in [-0.2, -0.15) is 5.26 Å². The minimum Gasteiger partial charge on any atom is -0.305 e. The van der Waals surface area contributed by atoms with Crippen molar-refractivity contribution in [3.63, 3.8) is 0 Å². The minimum absolute atomic E-state index is 0.744. The van der Waals surface area contributed by atoms with Crippen molar-refractivity contribution in [2.75, 3.05) is 24.6 Å². The number of benzene rings is 4. The highest BCUT2D eigenvalue weighted by Gasteiger charge is 2.22. The van der Waals surface area contributed by atoms with Gasteiger partial charge in [-0.3, -0.25) is 0 Å². The molecule has 4 aromatic rings. The van der Waals surface area contributed by atoms with E-state index in [1.807, 2.05) is 12.1 Å². The monoisotopic (exact) mass is 391 g/mol. The topological polar surface area (TPSA) is 30.3 Å². The Morgan fingerprint density at radius 2 is 1.47 bits per heavy atom. The molecule has 0 aromatic heterocycles. The number of hydrogen-bond donors (Lipinski definition) is 0. The summed E-state index contributed by atoms with van der Waals surface area (Å²) < 4.78 is 0. The van der Waals surface area contributed by atoms with Crippen LogP contribution in [0.5, 0.6) is 0 Å². The van der Waals surface area contributed by atoms with Gasteiger partial charge in [0.2, 0.25) is 0 Å². The first-order chi connectivity index (χ1) is 14.8. The molecule has 1 fully saturated rings. The van der Waals surface area contributed by atoms with Gasteiger partial charge in [0.15, 0.2) is 0 Å². The molecule has 0 N–H and O–H groups in total. The van der Waals surface area contributed by atoms with Crippen molar-refractivity contribution < 1.29 is 0 Å². The summed E-state index contributed by atoms with van der Waals surface area (Å²) in [6.45, 7) is 3.08. The molecule has 4 aromatic carbocycles. The number of hydrazine groups is 1. The number of anilines is 1. The van der Waals surface area contributed by atoms with Gasteiger partial charge in [-0.25, -0.2) is 5.01 Å². The van der Waals surface area contributed by atoms with E-state index in [9.17, 15) is 5.26 Å². The molecule has 0 bridgehead atoms. The second kappa shape index (κ2) is 8.18. The third-order valence-electron chi connectivity index (χ3n) is 6.20. The number of fused-ring (bicyclic) bond motifs is 2. The van der Waals surface area contributed by atoms with Gasteiger partial charge in [0.25, 0.3) is 0 Å². The van der Waals surface area contributed by atoms with E-state index in [2.05, 4.69) is 82.8 Å². The number of nitriles is 1. The first-order valence-electron chi connectivity index (χ1n) is 10.8. The molecular weight excluding hydrogens is 366 g/mol. The predicted molar refractivity (Wildman–Crippen MR) is 124 cm³/mol.